The largest absolute Gasteiger partial charge is 0.283 e. The Balaban J connectivity index is 2.81. The Morgan fingerprint density at radius 2 is 2.64 bits per heavy atom. The van der Waals surface area contributed by atoms with Gasteiger partial charge in [0.15, 0.2) is 6.80 Å². The Morgan fingerprint density at radius 1 is 1.91 bits per heavy atom. The predicted molar refractivity (Wildman–Crippen MR) is 37.7 cm³/mol. The lowest BCUT2D eigenvalue weighted by Crippen LogP contribution is -2.18. The minimum absolute atomic E-state index is 0.428. The minimum atomic E-state index is -0.824. The lowest BCUT2D eigenvalue weighted by molar-refractivity contribution is -0.107. The molecule has 0 bridgehead atoms. The average Bonchev–Trinajstić information content (AvgIpc) is 2.39. The van der Waals surface area contributed by atoms with Gasteiger partial charge in [-0.2, -0.15) is 5.10 Å². The standard InChI is InChI=1S/C6H8FN3O/c1-9-3-6(2-8-9)10(4-7)5-11/h2-3,5H,4H2,1H3. The summed E-state index contributed by atoms with van der Waals surface area (Å²) in [7, 11) is 1.70. The van der Waals surface area contributed by atoms with Crippen molar-refractivity contribution >= 4 is 12.1 Å². The number of amides is 1. The number of anilines is 1. The second-order valence-electron chi connectivity index (χ2n) is 2.07. The molecule has 5 heteroatoms. The third-order valence-corrected chi connectivity index (χ3v) is 1.28. The highest BCUT2D eigenvalue weighted by atomic mass is 19.1. The highest BCUT2D eigenvalue weighted by Gasteiger charge is 2.04. The van der Waals surface area contributed by atoms with Crippen LogP contribution >= 0.6 is 0 Å². The Labute approximate surface area is 63.2 Å². The molecule has 4 nitrogen and oxygen atoms in total. The van der Waals surface area contributed by atoms with E-state index in [1.54, 1.807) is 13.2 Å². The first kappa shape index (κ1) is 7.71. The van der Waals surface area contributed by atoms with Crippen LogP contribution in [-0.4, -0.2) is 23.0 Å². The number of hydrogen-bond donors (Lipinski definition) is 0. The van der Waals surface area contributed by atoms with Crippen LogP contribution in [0.2, 0.25) is 0 Å². The van der Waals surface area contributed by atoms with Crippen molar-refractivity contribution in [2.45, 2.75) is 0 Å². The molecule has 0 unspecified atom stereocenters. The molecule has 0 spiro atoms. The maximum Gasteiger partial charge on any atom is 0.216 e. The van der Waals surface area contributed by atoms with Crippen LogP contribution in [0.4, 0.5) is 10.1 Å². The zero-order chi connectivity index (χ0) is 8.27. The van der Waals surface area contributed by atoms with Crippen molar-refractivity contribution in [2.24, 2.45) is 7.05 Å². The molecule has 0 aliphatic rings. The van der Waals surface area contributed by atoms with E-state index in [2.05, 4.69) is 5.10 Å². The molecule has 0 saturated heterocycles. The monoisotopic (exact) mass is 157 g/mol. The van der Waals surface area contributed by atoms with Gasteiger partial charge in [-0.05, 0) is 0 Å². The van der Waals surface area contributed by atoms with Crippen molar-refractivity contribution in [3.05, 3.63) is 12.4 Å². The fourth-order valence-electron chi connectivity index (χ4n) is 0.715. The number of carbonyl (C=O) groups is 1. The molecule has 1 heterocycles. The Kier molecular flexibility index (Phi) is 2.20. The highest BCUT2D eigenvalue weighted by Crippen LogP contribution is 2.09. The number of carbonyl (C=O) groups excluding carboxylic acids is 1. The summed E-state index contributed by atoms with van der Waals surface area (Å²) in [6.07, 6.45) is 3.42. The summed E-state index contributed by atoms with van der Waals surface area (Å²) in [6, 6.07) is 0. The molecule has 11 heavy (non-hydrogen) atoms. The molecule has 0 radical (unpaired) electrons. The first-order valence-corrected chi connectivity index (χ1v) is 3.04. The Morgan fingerprint density at radius 3 is 3.00 bits per heavy atom. The summed E-state index contributed by atoms with van der Waals surface area (Å²) < 4.78 is 13.5. The van der Waals surface area contributed by atoms with Crippen LogP contribution in [0.1, 0.15) is 0 Å². The molecule has 0 saturated carbocycles. The molecule has 1 aromatic heterocycles. The van der Waals surface area contributed by atoms with Crippen molar-refractivity contribution < 1.29 is 9.18 Å². The van der Waals surface area contributed by atoms with Crippen LogP contribution in [0.15, 0.2) is 12.4 Å². The first-order valence-electron chi connectivity index (χ1n) is 3.04. The second-order valence-corrected chi connectivity index (χ2v) is 2.07. The molecule has 1 rings (SSSR count). The number of aryl methyl sites for hydroxylation is 1. The number of halogens is 1. The van der Waals surface area contributed by atoms with Crippen LogP contribution < -0.4 is 4.90 Å². The summed E-state index contributed by atoms with van der Waals surface area (Å²) in [5.74, 6) is 0. The van der Waals surface area contributed by atoms with Gasteiger partial charge in [0.1, 0.15) is 0 Å². The lowest BCUT2D eigenvalue weighted by atomic mass is 10.5. The van der Waals surface area contributed by atoms with Crippen LogP contribution in [0.3, 0.4) is 0 Å². The van der Waals surface area contributed by atoms with Crippen LogP contribution in [0.5, 0.6) is 0 Å². The molecule has 60 valence electrons. The highest BCUT2D eigenvalue weighted by molar-refractivity contribution is 5.73. The van der Waals surface area contributed by atoms with Crippen LogP contribution in [-0.2, 0) is 11.8 Å². The van der Waals surface area contributed by atoms with Crippen LogP contribution in [0.25, 0.3) is 0 Å². The van der Waals surface area contributed by atoms with Crippen molar-refractivity contribution in [1.82, 2.24) is 9.78 Å². The van der Waals surface area contributed by atoms with Crippen molar-refractivity contribution in [3.63, 3.8) is 0 Å². The van der Waals surface area contributed by atoms with E-state index in [0.717, 1.165) is 4.90 Å². The molecular weight excluding hydrogens is 149 g/mol. The molecule has 0 aliphatic heterocycles. The summed E-state index contributed by atoms with van der Waals surface area (Å²) in [4.78, 5) is 11.1. The fourth-order valence-corrected chi connectivity index (χ4v) is 0.715. The molecule has 0 atom stereocenters. The number of alkyl halides is 1. The SMILES string of the molecule is Cn1cc(N(C=O)CF)cn1. The molecule has 0 aromatic carbocycles. The fraction of sp³-hybridized carbons (Fsp3) is 0.333. The van der Waals surface area contributed by atoms with E-state index < -0.39 is 6.80 Å². The van der Waals surface area contributed by atoms with Gasteiger partial charge in [0, 0.05) is 13.2 Å². The van der Waals surface area contributed by atoms with Gasteiger partial charge in [0.05, 0.1) is 11.9 Å². The number of nitrogens with zero attached hydrogens (tertiary/aromatic N) is 3. The predicted octanol–water partition coefficient (Wildman–Crippen LogP) is 0.310. The molecule has 0 fully saturated rings. The zero-order valence-corrected chi connectivity index (χ0v) is 6.07. The lowest BCUT2D eigenvalue weighted by Gasteiger charge is -2.07. The van der Waals surface area contributed by atoms with E-state index in [-0.39, 0.29) is 0 Å². The Hall–Kier alpha value is -1.39. The van der Waals surface area contributed by atoms with Gasteiger partial charge in [-0.1, -0.05) is 0 Å². The van der Waals surface area contributed by atoms with E-state index in [1.165, 1.54) is 10.9 Å². The maximum absolute atomic E-state index is 12.0. The average molecular weight is 157 g/mol. The van der Waals surface area contributed by atoms with Crippen LogP contribution in [0, 0.1) is 0 Å². The molecular formula is C6H8FN3O. The zero-order valence-electron chi connectivity index (χ0n) is 6.07. The third kappa shape index (κ3) is 1.54. The van der Waals surface area contributed by atoms with Gasteiger partial charge in [0.2, 0.25) is 6.41 Å². The topological polar surface area (TPSA) is 38.1 Å². The first-order chi connectivity index (χ1) is 5.27. The number of hydrogen-bond acceptors (Lipinski definition) is 2. The van der Waals surface area contributed by atoms with Gasteiger partial charge in [-0.3, -0.25) is 14.4 Å². The van der Waals surface area contributed by atoms with Gasteiger partial charge >= 0.3 is 0 Å². The van der Waals surface area contributed by atoms with Gasteiger partial charge in [-0.25, -0.2) is 4.39 Å². The number of rotatable bonds is 3. The summed E-state index contributed by atoms with van der Waals surface area (Å²) in [5.41, 5.74) is 0.463. The van der Waals surface area contributed by atoms with E-state index in [1.807, 2.05) is 0 Å². The van der Waals surface area contributed by atoms with E-state index in [4.69, 9.17) is 0 Å². The smallest absolute Gasteiger partial charge is 0.216 e. The van der Waals surface area contributed by atoms with Gasteiger partial charge < -0.3 is 0 Å². The molecule has 1 amide bonds. The van der Waals surface area contributed by atoms with Gasteiger partial charge in [0.25, 0.3) is 0 Å². The summed E-state index contributed by atoms with van der Waals surface area (Å²) in [6.45, 7) is -0.824. The third-order valence-electron chi connectivity index (χ3n) is 1.28. The normalized spacial score (nSPS) is 9.64. The number of aromatic nitrogens is 2. The van der Waals surface area contributed by atoms with Gasteiger partial charge in [-0.15, -0.1) is 0 Å². The van der Waals surface area contributed by atoms with E-state index in [9.17, 15) is 9.18 Å². The molecule has 1 aromatic rings. The van der Waals surface area contributed by atoms with Crippen molar-refractivity contribution in [1.29, 1.82) is 0 Å². The van der Waals surface area contributed by atoms with E-state index >= 15 is 0 Å². The van der Waals surface area contributed by atoms with E-state index in [0.29, 0.717) is 12.1 Å². The second kappa shape index (κ2) is 3.14. The minimum Gasteiger partial charge on any atom is -0.283 e. The molecule has 0 aliphatic carbocycles. The van der Waals surface area contributed by atoms with Crippen molar-refractivity contribution in [2.75, 3.05) is 11.7 Å². The quantitative estimate of drug-likeness (QED) is 0.467. The molecule has 0 N–H and O–H groups in total. The summed E-state index contributed by atoms with van der Waals surface area (Å²) >= 11 is 0. The Bertz CT molecular complexity index is 248. The summed E-state index contributed by atoms with van der Waals surface area (Å²) in [5, 5.41) is 3.78. The van der Waals surface area contributed by atoms with Crippen molar-refractivity contribution in [3.8, 4) is 0 Å². The maximum atomic E-state index is 12.0.